The van der Waals surface area contributed by atoms with Crippen LogP contribution in [0.5, 0.6) is 0 Å². The van der Waals surface area contributed by atoms with Crippen LogP contribution in [-0.2, 0) is 28.6 Å². The maximum Gasteiger partial charge on any atom is 0.306 e. The highest BCUT2D eigenvalue weighted by Crippen LogP contribution is 2.15. The van der Waals surface area contributed by atoms with Gasteiger partial charge < -0.3 is 14.2 Å². The number of carbonyl (C=O) groups is 3. The Morgan fingerprint density at radius 3 is 0.968 bits per heavy atom. The third-order valence-corrected chi connectivity index (χ3v) is 11.8. The molecule has 0 amide bonds. The average Bonchev–Trinajstić information content (AvgIpc) is 3.28. The summed E-state index contributed by atoms with van der Waals surface area (Å²) in [6, 6.07) is 0. The van der Waals surface area contributed by atoms with E-state index in [0.717, 1.165) is 83.5 Å². The molecule has 63 heavy (non-hydrogen) atoms. The van der Waals surface area contributed by atoms with Gasteiger partial charge in [0.15, 0.2) is 6.10 Å². The lowest BCUT2D eigenvalue weighted by molar-refractivity contribution is -0.167. The summed E-state index contributed by atoms with van der Waals surface area (Å²) in [7, 11) is 0. The van der Waals surface area contributed by atoms with Gasteiger partial charge in [0.05, 0.1) is 0 Å². The van der Waals surface area contributed by atoms with Crippen molar-refractivity contribution in [2.45, 2.75) is 284 Å². The molecular weight excluding hydrogens is 781 g/mol. The molecule has 0 radical (unpaired) electrons. The van der Waals surface area contributed by atoms with Crippen molar-refractivity contribution in [2.24, 2.45) is 0 Å². The van der Waals surface area contributed by atoms with Crippen molar-refractivity contribution in [3.63, 3.8) is 0 Å². The van der Waals surface area contributed by atoms with Crippen LogP contribution >= 0.6 is 0 Å². The summed E-state index contributed by atoms with van der Waals surface area (Å²) in [6.07, 6.45) is 62.4. The van der Waals surface area contributed by atoms with Gasteiger partial charge in [-0.25, -0.2) is 0 Å². The lowest BCUT2D eigenvalue weighted by Gasteiger charge is -2.18. The molecule has 0 heterocycles. The van der Waals surface area contributed by atoms with Crippen LogP contribution in [0.3, 0.4) is 0 Å². The third-order valence-electron chi connectivity index (χ3n) is 11.8. The zero-order chi connectivity index (χ0) is 45.8. The Bertz CT molecular complexity index is 1110. The standard InChI is InChI=1S/C57H102O6/c1-4-7-10-13-16-19-22-24-26-27-28-29-31-33-36-39-42-45-48-51-57(60)63-54(52-61-55(58)49-46-43-40-37-34-21-18-15-12-9-6-3)53-62-56(59)50-47-44-41-38-35-32-30-25-23-20-17-14-11-8-5-2/h15,17-18,20,24-26,30,54H,4-14,16,19,21-23,27-29,31-53H2,1-3H3/b18-15-,20-17-,26-24-,30-25-/t54-/m0/s1. The highest BCUT2D eigenvalue weighted by atomic mass is 16.6. The number of hydrogen-bond acceptors (Lipinski definition) is 6. The van der Waals surface area contributed by atoms with E-state index in [1.165, 1.54) is 154 Å². The van der Waals surface area contributed by atoms with E-state index in [2.05, 4.69) is 69.4 Å². The van der Waals surface area contributed by atoms with Gasteiger partial charge in [0, 0.05) is 19.3 Å². The van der Waals surface area contributed by atoms with Crippen LogP contribution in [0, 0.1) is 0 Å². The van der Waals surface area contributed by atoms with Gasteiger partial charge >= 0.3 is 17.9 Å². The number of rotatable bonds is 49. The maximum absolute atomic E-state index is 12.8. The number of esters is 3. The number of carbonyl (C=O) groups excluding carboxylic acids is 3. The molecule has 366 valence electrons. The molecule has 0 saturated heterocycles. The molecule has 0 N–H and O–H groups in total. The monoisotopic (exact) mass is 883 g/mol. The molecule has 6 nitrogen and oxygen atoms in total. The predicted molar refractivity (Wildman–Crippen MR) is 270 cm³/mol. The van der Waals surface area contributed by atoms with E-state index in [9.17, 15) is 14.4 Å². The van der Waals surface area contributed by atoms with Crippen LogP contribution in [0.1, 0.15) is 278 Å². The molecule has 6 heteroatoms. The first-order chi connectivity index (χ1) is 31.0. The summed E-state index contributed by atoms with van der Waals surface area (Å²) in [5.74, 6) is -0.899. The summed E-state index contributed by atoms with van der Waals surface area (Å²) in [6.45, 7) is 6.57. The fourth-order valence-electron chi connectivity index (χ4n) is 7.62. The van der Waals surface area contributed by atoms with Crippen molar-refractivity contribution in [3.8, 4) is 0 Å². The Morgan fingerprint density at radius 2 is 0.587 bits per heavy atom. The molecule has 0 unspecified atom stereocenters. The Labute approximate surface area is 390 Å². The fraction of sp³-hybridized carbons (Fsp3) is 0.807. The summed E-state index contributed by atoms with van der Waals surface area (Å²) in [4.78, 5) is 38.0. The number of allylic oxidation sites excluding steroid dienone is 8. The van der Waals surface area contributed by atoms with Crippen molar-refractivity contribution in [1.82, 2.24) is 0 Å². The molecular formula is C57H102O6. The van der Waals surface area contributed by atoms with Gasteiger partial charge in [-0.05, 0) is 96.3 Å². The summed E-state index contributed by atoms with van der Waals surface area (Å²) in [5, 5.41) is 0. The molecule has 0 bridgehead atoms. The summed E-state index contributed by atoms with van der Waals surface area (Å²) >= 11 is 0. The molecule has 0 aromatic rings. The average molecular weight is 883 g/mol. The van der Waals surface area contributed by atoms with E-state index >= 15 is 0 Å². The topological polar surface area (TPSA) is 78.9 Å². The molecule has 0 saturated carbocycles. The van der Waals surface area contributed by atoms with Crippen molar-refractivity contribution in [2.75, 3.05) is 13.2 Å². The Kier molecular flexibility index (Phi) is 49.8. The van der Waals surface area contributed by atoms with Gasteiger partial charge in [-0.2, -0.15) is 0 Å². The normalized spacial score (nSPS) is 12.4. The lowest BCUT2D eigenvalue weighted by atomic mass is 10.1. The van der Waals surface area contributed by atoms with Crippen LogP contribution < -0.4 is 0 Å². The zero-order valence-electron chi connectivity index (χ0n) is 41.8. The predicted octanol–water partition coefficient (Wildman–Crippen LogP) is 17.9. The smallest absolute Gasteiger partial charge is 0.306 e. The minimum atomic E-state index is -0.781. The van der Waals surface area contributed by atoms with E-state index < -0.39 is 6.10 Å². The first-order valence-corrected chi connectivity index (χ1v) is 27.1. The molecule has 0 aromatic heterocycles. The van der Waals surface area contributed by atoms with Gasteiger partial charge in [-0.15, -0.1) is 0 Å². The van der Waals surface area contributed by atoms with E-state index in [0.29, 0.717) is 19.3 Å². The summed E-state index contributed by atoms with van der Waals surface area (Å²) in [5.41, 5.74) is 0. The van der Waals surface area contributed by atoms with E-state index in [1.807, 2.05) is 0 Å². The van der Waals surface area contributed by atoms with Gasteiger partial charge in [-0.3, -0.25) is 14.4 Å². The van der Waals surface area contributed by atoms with Crippen LogP contribution in [0.25, 0.3) is 0 Å². The van der Waals surface area contributed by atoms with Crippen molar-refractivity contribution < 1.29 is 28.6 Å². The Balaban J connectivity index is 4.35. The highest BCUT2D eigenvalue weighted by molar-refractivity contribution is 5.71. The highest BCUT2D eigenvalue weighted by Gasteiger charge is 2.19. The second-order valence-corrected chi connectivity index (χ2v) is 18.1. The van der Waals surface area contributed by atoms with Gasteiger partial charge in [0.25, 0.3) is 0 Å². The molecule has 0 aliphatic heterocycles. The van der Waals surface area contributed by atoms with Crippen LogP contribution in [0.15, 0.2) is 48.6 Å². The molecule has 0 spiro atoms. The summed E-state index contributed by atoms with van der Waals surface area (Å²) < 4.78 is 16.8. The lowest BCUT2D eigenvalue weighted by Crippen LogP contribution is -2.30. The minimum Gasteiger partial charge on any atom is -0.462 e. The Morgan fingerprint density at radius 1 is 0.317 bits per heavy atom. The molecule has 0 aliphatic carbocycles. The van der Waals surface area contributed by atoms with Crippen LogP contribution in [-0.4, -0.2) is 37.2 Å². The van der Waals surface area contributed by atoms with Crippen LogP contribution in [0.4, 0.5) is 0 Å². The molecule has 1 atom stereocenters. The van der Waals surface area contributed by atoms with Gasteiger partial charge in [0.1, 0.15) is 13.2 Å². The zero-order valence-corrected chi connectivity index (χ0v) is 41.8. The van der Waals surface area contributed by atoms with Crippen molar-refractivity contribution >= 4 is 17.9 Å². The van der Waals surface area contributed by atoms with Gasteiger partial charge in [0.2, 0.25) is 0 Å². The number of ether oxygens (including phenoxy) is 3. The molecule has 0 aromatic carbocycles. The third kappa shape index (κ3) is 50.2. The van der Waals surface area contributed by atoms with E-state index in [-0.39, 0.29) is 31.1 Å². The largest absolute Gasteiger partial charge is 0.462 e. The van der Waals surface area contributed by atoms with Gasteiger partial charge in [-0.1, -0.05) is 211 Å². The van der Waals surface area contributed by atoms with E-state index in [4.69, 9.17) is 14.2 Å². The molecule has 0 rings (SSSR count). The van der Waals surface area contributed by atoms with E-state index in [1.54, 1.807) is 0 Å². The molecule has 0 fully saturated rings. The Hall–Kier alpha value is -2.63. The minimum absolute atomic E-state index is 0.0820. The van der Waals surface area contributed by atoms with Crippen molar-refractivity contribution in [3.05, 3.63) is 48.6 Å². The first-order valence-electron chi connectivity index (χ1n) is 27.1. The number of unbranched alkanes of at least 4 members (excludes halogenated alkanes) is 30. The first kappa shape index (κ1) is 60.4. The molecule has 0 aliphatic rings. The van der Waals surface area contributed by atoms with Crippen LogP contribution in [0.2, 0.25) is 0 Å². The second-order valence-electron chi connectivity index (χ2n) is 18.1. The quantitative estimate of drug-likeness (QED) is 0.0262. The second kappa shape index (κ2) is 52.0. The van der Waals surface area contributed by atoms with Crippen molar-refractivity contribution in [1.29, 1.82) is 0 Å². The maximum atomic E-state index is 12.8. The fourth-order valence-corrected chi connectivity index (χ4v) is 7.62. The number of hydrogen-bond donors (Lipinski definition) is 0. The SMILES string of the molecule is CCCC/C=C\CCCCCCCC(=O)OC[C@@H](COC(=O)CCCCCCC/C=C\C/C=C\CCCCC)OC(=O)CCCCCCCCCCC/C=C\CCCCCCCC.